The first kappa shape index (κ1) is 26.0. The molecule has 35 heavy (non-hydrogen) atoms. The second-order valence-electron chi connectivity index (χ2n) is 7.89. The second kappa shape index (κ2) is 12.2. The van der Waals surface area contributed by atoms with Crippen molar-refractivity contribution in [3.63, 3.8) is 0 Å². The molecule has 1 heterocycles. The van der Waals surface area contributed by atoms with Crippen LogP contribution in [-0.2, 0) is 11.3 Å². The summed E-state index contributed by atoms with van der Waals surface area (Å²) in [6, 6.07) is 11.7. The third-order valence-electron chi connectivity index (χ3n) is 5.05. The SMILES string of the molecule is C=CCn1c(SCC(=O)Nc2cc(C)cc(C)c2)nnc1[C@H](CO)NC(=O)c1ccc(OC)cc1. The van der Waals surface area contributed by atoms with Crippen molar-refractivity contribution in [2.75, 3.05) is 24.8 Å². The predicted molar refractivity (Wildman–Crippen MR) is 136 cm³/mol. The summed E-state index contributed by atoms with van der Waals surface area (Å²) in [5, 5.41) is 24.5. The fourth-order valence-electron chi connectivity index (χ4n) is 3.52. The Morgan fingerprint density at radius 2 is 1.86 bits per heavy atom. The van der Waals surface area contributed by atoms with Crippen molar-refractivity contribution in [1.29, 1.82) is 0 Å². The number of thioether (sulfide) groups is 1. The Labute approximate surface area is 208 Å². The Morgan fingerprint density at radius 1 is 1.17 bits per heavy atom. The normalized spacial score (nSPS) is 11.5. The summed E-state index contributed by atoms with van der Waals surface area (Å²) in [5.41, 5.74) is 3.28. The van der Waals surface area contributed by atoms with E-state index in [1.807, 2.05) is 32.0 Å². The number of amides is 2. The van der Waals surface area contributed by atoms with Gasteiger partial charge in [-0.1, -0.05) is 23.9 Å². The molecule has 184 valence electrons. The van der Waals surface area contributed by atoms with Crippen molar-refractivity contribution >= 4 is 29.3 Å². The van der Waals surface area contributed by atoms with E-state index in [4.69, 9.17) is 4.74 Å². The highest BCUT2D eigenvalue weighted by atomic mass is 32.2. The number of nitrogens with one attached hydrogen (secondary N) is 2. The number of carbonyl (C=O) groups excluding carboxylic acids is 2. The summed E-state index contributed by atoms with van der Waals surface area (Å²) >= 11 is 1.21. The molecule has 0 saturated heterocycles. The number of carbonyl (C=O) groups is 2. The maximum Gasteiger partial charge on any atom is 0.251 e. The van der Waals surface area contributed by atoms with Gasteiger partial charge in [0.15, 0.2) is 11.0 Å². The lowest BCUT2D eigenvalue weighted by atomic mass is 10.1. The van der Waals surface area contributed by atoms with Gasteiger partial charge in [0.1, 0.15) is 11.8 Å². The Hall–Kier alpha value is -3.63. The lowest BCUT2D eigenvalue weighted by Gasteiger charge is -2.17. The number of hydrogen-bond donors (Lipinski definition) is 3. The van der Waals surface area contributed by atoms with E-state index in [9.17, 15) is 14.7 Å². The van der Waals surface area contributed by atoms with Gasteiger partial charge in [-0.3, -0.25) is 9.59 Å². The van der Waals surface area contributed by atoms with Gasteiger partial charge >= 0.3 is 0 Å². The lowest BCUT2D eigenvalue weighted by Crippen LogP contribution is -2.33. The molecule has 0 saturated carbocycles. The van der Waals surface area contributed by atoms with Crippen LogP contribution in [0.3, 0.4) is 0 Å². The van der Waals surface area contributed by atoms with E-state index in [1.165, 1.54) is 11.8 Å². The standard InChI is InChI=1S/C25H29N5O4S/c1-5-10-30-23(21(14-31)27-24(33)18-6-8-20(34-4)9-7-18)28-29-25(30)35-15-22(32)26-19-12-16(2)11-17(3)13-19/h5-9,11-13,21,31H,1,10,14-15H2,2-4H3,(H,26,32)(H,27,33)/t21-/m0/s1. The Morgan fingerprint density at radius 3 is 2.46 bits per heavy atom. The minimum absolute atomic E-state index is 0.115. The van der Waals surface area contributed by atoms with Crippen molar-refractivity contribution in [2.45, 2.75) is 31.6 Å². The van der Waals surface area contributed by atoms with Crippen LogP contribution >= 0.6 is 11.8 Å². The molecule has 2 amide bonds. The molecule has 0 aliphatic carbocycles. The van der Waals surface area contributed by atoms with E-state index in [0.717, 1.165) is 16.8 Å². The Kier molecular flexibility index (Phi) is 9.04. The van der Waals surface area contributed by atoms with E-state index in [1.54, 1.807) is 42.0 Å². The van der Waals surface area contributed by atoms with Gasteiger partial charge in [-0.05, 0) is 61.4 Å². The molecule has 3 rings (SSSR count). The zero-order valence-corrected chi connectivity index (χ0v) is 20.8. The van der Waals surface area contributed by atoms with Crippen molar-refractivity contribution in [2.24, 2.45) is 0 Å². The van der Waals surface area contributed by atoms with Crippen LogP contribution < -0.4 is 15.4 Å². The summed E-state index contributed by atoms with van der Waals surface area (Å²) in [7, 11) is 1.55. The molecule has 0 aliphatic rings. The van der Waals surface area contributed by atoms with Crippen LogP contribution in [-0.4, -0.2) is 51.2 Å². The molecule has 2 aromatic carbocycles. The number of methoxy groups -OCH3 is 1. The van der Waals surface area contributed by atoms with Gasteiger partial charge in [0.2, 0.25) is 5.91 Å². The average molecular weight is 496 g/mol. The molecule has 3 N–H and O–H groups in total. The smallest absolute Gasteiger partial charge is 0.251 e. The van der Waals surface area contributed by atoms with Gasteiger partial charge < -0.3 is 25.0 Å². The van der Waals surface area contributed by atoms with E-state index in [2.05, 4.69) is 27.4 Å². The number of rotatable bonds is 11. The molecule has 1 aromatic heterocycles. The molecule has 3 aromatic rings. The Balaban J connectivity index is 1.70. The molecule has 9 nitrogen and oxygen atoms in total. The minimum Gasteiger partial charge on any atom is -0.497 e. The maximum absolute atomic E-state index is 12.7. The number of aliphatic hydroxyl groups excluding tert-OH is 1. The van der Waals surface area contributed by atoms with Crippen molar-refractivity contribution in [1.82, 2.24) is 20.1 Å². The number of benzene rings is 2. The van der Waals surface area contributed by atoms with E-state index >= 15 is 0 Å². The topological polar surface area (TPSA) is 118 Å². The van der Waals surface area contributed by atoms with Crippen LogP contribution in [0.2, 0.25) is 0 Å². The first-order valence-corrected chi connectivity index (χ1v) is 11.9. The quantitative estimate of drug-likeness (QED) is 0.276. The fourth-order valence-corrected chi connectivity index (χ4v) is 4.27. The van der Waals surface area contributed by atoms with Gasteiger partial charge in [-0.2, -0.15) is 0 Å². The van der Waals surface area contributed by atoms with Crippen LogP contribution in [0, 0.1) is 13.8 Å². The molecule has 0 bridgehead atoms. The van der Waals surface area contributed by atoms with Crippen LogP contribution in [0.1, 0.15) is 33.4 Å². The van der Waals surface area contributed by atoms with Crippen LogP contribution in [0.5, 0.6) is 5.75 Å². The predicted octanol–water partition coefficient (Wildman–Crippen LogP) is 3.28. The molecule has 0 radical (unpaired) electrons. The third kappa shape index (κ3) is 6.93. The lowest BCUT2D eigenvalue weighted by molar-refractivity contribution is -0.113. The third-order valence-corrected chi connectivity index (χ3v) is 6.01. The minimum atomic E-state index is -0.796. The molecular formula is C25H29N5O4S. The Bertz CT molecular complexity index is 1170. The zero-order valence-electron chi connectivity index (χ0n) is 19.9. The van der Waals surface area contributed by atoms with E-state index < -0.39 is 6.04 Å². The molecule has 0 unspecified atom stereocenters. The maximum atomic E-state index is 12.7. The van der Waals surface area contributed by atoms with Crippen molar-refractivity contribution < 1.29 is 19.4 Å². The van der Waals surface area contributed by atoms with E-state index in [-0.39, 0.29) is 24.2 Å². The van der Waals surface area contributed by atoms with Crippen molar-refractivity contribution in [3.05, 3.63) is 77.6 Å². The first-order chi connectivity index (χ1) is 16.8. The van der Waals surface area contributed by atoms with Gasteiger partial charge in [-0.15, -0.1) is 16.8 Å². The first-order valence-electron chi connectivity index (χ1n) is 10.9. The number of nitrogens with zero attached hydrogens (tertiary/aromatic N) is 3. The average Bonchev–Trinajstić information content (AvgIpc) is 3.23. The van der Waals surface area contributed by atoms with Crippen LogP contribution in [0.4, 0.5) is 5.69 Å². The number of hydrogen-bond acceptors (Lipinski definition) is 7. The summed E-state index contributed by atoms with van der Waals surface area (Å²) in [5.74, 6) is 0.563. The van der Waals surface area contributed by atoms with E-state index in [0.29, 0.717) is 28.8 Å². The molecule has 1 atom stereocenters. The molecule has 0 fully saturated rings. The van der Waals surface area contributed by atoms with Crippen LogP contribution in [0.15, 0.2) is 60.3 Å². The van der Waals surface area contributed by atoms with Gasteiger partial charge in [-0.25, -0.2) is 0 Å². The highest BCUT2D eigenvalue weighted by Gasteiger charge is 2.23. The molecule has 10 heteroatoms. The summed E-state index contributed by atoms with van der Waals surface area (Å²) < 4.78 is 6.83. The largest absolute Gasteiger partial charge is 0.497 e. The fraction of sp³-hybridized carbons (Fsp3) is 0.280. The van der Waals surface area contributed by atoms with Gasteiger partial charge in [0.05, 0.1) is 19.5 Å². The number of aryl methyl sites for hydroxylation is 2. The number of aromatic nitrogens is 3. The molecule has 0 aliphatic heterocycles. The zero-order chi connectivity index (χ0) is 25.4. The number of anilines is 1. The van der Waals surface area contributed by atoms with Crippen molar-refractivity contribution in [3.8, 4) is 5.75 Å². The number of allylic oxidation sites excluding steroid dienone is 1. The summed E-state index contributed by atoms with van der Waals surface area (Å²) in [6.45, 7) is 7.68. The van der Waals surface area contributed by atoms with Gasteiger partial charge in [0.25, 0.3) is 5.91 Å². The monoisotopic (exact) mass is 495 g/mol. The molecular weight excluding hydrogens is 466 g/mol. The molecule has 0 spiro atoms. The summed E-state index contributed by atoms with van der Waals surface area (Å²) in [4.78, 5) is 25.2. The second-order valence-corrected chi connectivity index (χ2v) is 8.83. The summed E-state index contributed by atoms with van der Waals surface area (Å²) in [6.07, 6.45) is 1.66. The van der Waals surface area contributed by atoms with Crippen LogP contribution in [0.25, 0.3) is 0 Å². The number of ether oxygens (including phenoxy) is 1. The highest BCUT2D eigenvalue weighted by Crippen LogP contribution is 2.22. The highest BCUT2D eigenvalue weighted by molar-refractivity contribution is 7.99. The number of aliphatic hydroxyl groups is 1. The van der Waals surface area contributed by atoms with Gasteiger partial charge in [0, 0.05) is 17.8 Å².